The average Bonchev–Trinajstić information content (AvgIpc) is 2.26. The second-order valence-corrected chi connectivity index (χ2v) is 7.53. The van der Waals surface area contributed by atoms with Crippen molar-refractivity contribution in [1.29, 1.82) is 0 Å². The molecule has 0 radical (unpaired) electrons. The van der Waals surface area contributed by atoms with Gasteiger partial charge in [0.15, 0.2) is 0 Å². The molecule has 0 saturated heterocycles. The highest BCUT2D eigenvalue weighted by atomic mass is 28.4. The van der Waals surface area contributed by atoms with Crippen molar-refractivity contribution in [2.24, 2.45) is 5.73 Å². The molecule has 0 amide bonds. The first kappa shape index (κ1) is 18.0. The zero-order chi connectivity index (χ0) is 14.2. The molecule has 3 N–H and O–H groups in total. The maximum Gasteiger partial charge on any atom is 0.501 e. The summed E-state index contributed by atoms with van der Waals surface area (Å²) in [5, 5.41) is 9.97. The third-order valence-electron chi connectivity index (χ3n) is 2.77. The molecule has 0 saturated carbocycles. The third kappa shape index (κ3) is 6.26. The zero-order valence-corrected chi connectivity index (χ0v) is 13.4. The van der Waals surface area contributed by atoms with Crippen LogP contribution in [0.1, 0.15) is 41.0 Å². The number of aliphatic hydroxyl groups is 1. The molecule has 1 unspecified atom stereocenters. The highest BCUT2D eigenvalue weighted by molar-refractivity contribution is 6.60. The summed E-state index contributed by atoms with van der Waals surface area (Å²) in [7, 11) is -2.73. The van der Waals surface area contributed by atoms with Crippen LogP contribution < -0.4 is 5.73 Å². The maximum absolute atomic E-state index is 9.97. The molecule has 0 rings (SSSR count). The summed E-state index contributed by atoms with van der Waals surface area (Å²) < 4.78 is 17.5. The number of rotatable bonds is 10. The van der Waals surface area contributed by atoms with Crippen LogP contribution in [0.5, 0.6) is 0 Å². The van der Waals surface area contributed by atoms with E-state index in [4.69, 9.17) is 19.0 Å². The summed E-state index contributed by atoms with van der Waals surface area (Å²) in [6.07, 6.45) is 0.449. The van der Waals surface area contributed by atoms with Crippen LogP contribution in [0.4, 0.5) is 0 Å². The lowest BCUT2D eigenvalue weighted by Gasteiger charge is -2.36. The van der Waals surface area contributed by atoms with Crippen molar-refractivity contribution < 1.29 is 18.4 Å². The lowest BCUT2D eigenvalue weighted by atomic mass is 10.0. The van der Waals surface area contributed by atoms with Gasteiger partial charge >= 0.3 is 8.80 Å². The standard InChI is InChI=1S/C12H29NO4Si/c1-6-15-18(16-7-2,10-8-9-13)17-11(3)12(4,5)14/h11,14H,6-10,13H2,1-5H3. The van der Waals surface area contributed by atoms with Gasteiger partial charge in [-0.2, -0.15) is 0 Å². The Labute approximate surface area is 112 Å². The van der Waals surface area contributed by atoms with Crippen molar-refractivity contribution in [2.45, 2.75) is 58.8 Å². The average molecular weight is 279 g/mol. The van der Waals surface area contributed by atoms with Crippen molar-refractivity contribution in [3.05, 3.63) is 0 Å². The summed E-state index contributed by atoms with van der Waals surface area (Å²) in [6, 6.07) is 0.686. The molecule has 0 fully saturated rings. The van der Waals surface area contributed by atoms with Gasteiger partial charge in [-0.25, -0.2) is 0 Å². The molecular formula is C12H29NO4Si. The Morgan fingerprint density at radius 1 is 1.22 bits per heavy atom. The highest BCUT2D eigenvalue weighted by Crippen LogP contribution is 2.24. The van der Waals surface area contributed by atoms with Crippen molar-refractivity contribution in [3.63, 3.8) is 0 Å². The molecule has 0 aliphatic rings. The van der Waals surface area contributed by atoms with E-state index in [-0.39, 0.29) is 6.10 Å². The lowest BCUT2D eigenvalue weighted by Crippen LogP contribution is -2.52. The summed E-state index contributed by atoms with van der Waals surface area (Å²) in [5.74, 6) is 0. The summed E-state index contributed by atoms with van der Waals surface area (Å²) in [6.45, 7) is 10.8. The highest BCUT2D eigenvalue weighted by Gasteiger charge is 2.44. The monoisotopic (exact) mass is 279 g/mol. The van der Waals surface area contributed by atoms with Crippen LogP contribution in [0.25, 0.3) is 0 Å². The molecular weight excluding hydrogens is 250 g/mol. The molecule has 0 bridgehead atoms. The second kappa shape index (κ2) is 8.24. The molecule has 0 spiro atoms. The van der Waals surface area contributed by atoms with Gasteiger partial charge in [-0.3, -0.25) is 0 Å². The minimum absolute atomic E-state index is 0.347. The first-order valence-electron chi connectivity index (χ1n) is 6.69. The van der Waals surface area contributed by atoms with E-state index in [1.807, 2.05) is 20.8 Å². The van der Waals surface area contributed by atoms with Gasteiger partial charge in [0.2, 0.25) is 0 Å². The van der Waals surface area contributed by atoms with Crippen molar-refractivity contribution >= 4 is 8.80 Å². The summed E-state index contributed by atoms with van der Waals surface area (Å²) in [4.78, 5) is 0. The minimum Gasteiger partial charge on any atom is -0.388 e. The predicted molar refractivity (Wildman–Crippen MR) is 74.3 cm³/mol. The first-order valence-corrected chi connectivity index (χ1v) is 8.62. The Balaban J connectivity index is 4.79. The van der Waals surface area contributed by atoms with E-state index in [0.717, 1.165) is 6.42 Å². The Morgan fingerprint density at radius 3 is 2.06 bits per heavy atom. The molecule has 18 heavy (non-hydrogen) atoms. The van der Waals surface area contributed by atoms with E-state index in [1.54, 1.807) is 13.8 Å². The fourth-order valence-corrected chi connectivity index (χ4v) is 4.45. The molecule has 0 aromatic rings. The van der Waals surface area contributed by atoms with Crippen molar-refractivity contribution in [3.8, 4) is 0 Å². The number of hydrogen-bond acceptors (Lipinski definition) is 5. The van der Waals surface area contributed by atoms with E-state index in [9.17, 15) is 5.11 Å². The molecule has 0 aromatic heterocycles. The molecule has 0 aromatic carbocycles. The van der Waals surface area contributed by atoms with Crippen LogP contribution >= 0.6 is 0 Å². The van der Waals surface area contributed by atoms with Crippen LogP contribution in [0.15, 0.2) is 0 Å². The van der Waals surface area contributed by atoms with E-state index in [0.29, 0.717) is 25.8 Å². The first-order chi connectivity index (χ1) is 8.31. The van der Waals surface area contributed by atoms with Crippen LogP contribution in [-0.2, 0) is 13.3 Å². The predicted octanol–water partition coefficient (Wildman–Crippen LogP) is 1.52. The Morgan fingerprint density at radius 2 is 1.72 bits per heavy atom. The smallest absolute Gasteiger partial charge is 0.388 e. The van der Waals surface area contributed by atoms with Crippen LogP contribution in [0.2, 0.25) is 6.04 Å². The van der Waals surface area contributed by atoms with Gasteiger partial charge in [0, 0.05) is 19.3 Å². The topological polar surface area (TPSA) is 73.9 Å². The normalized spacial score (nSPS) is 14.8. The van der Waals surface area contributed by atoms with Gasteiger partial charge in [0.25, 0.3) is 0 Å². The van der Waals surface area contributed by atoms with E-state index in [2.05, 4.69) is 0 Å². The third-order valence-corrected chi connectivity index (χ3v) is 5.90. The number of hydrogen-bond donors (Lipinski definition) is 2. The summed E-state index contributed by atoms with van der Waals surface area (Å²) in [5.41, 5.74) is 4.63. The lowest BCUT2D eigenvalue weighted by molar-refractivity contribution is -0.0645. The van der Waals surface area contributed by atoms with E-state index < -0.39 is 14.4 Å². The zero-order valence-electron chi connectivity index (χ0n) is 12.4. The fraction of sp³-hybridized carbons (Fsp3) is 1.00. The molecule has 0 aliphatic heterocycles. The molecule has 0 heterocycles. The largest absolute Gasteiger partial charge is 0.501 e. The van der Waals surface area contributed by atoms with Gasteiger partial charge in [-0.15, -0.1) is 0 Å². The molecule has 110 valence electrons. The number of nitrogens with two attached hydrogens (primary N) is 1. The van der Waals surface area contributed by atoms with E-state index in [1.165, 1.54) is 0 Å². The van der Waals surface area contributed by atoms with Crippen molar-refractivity contribution in [2.75, 3.05) is 19.8 Å². The van der Waals surface area contributed by atoms with Gasteiger partial charge in [0.1, 0.15) is 0 Å². The summed E-state index contributed by atoms with van der Waals surface area (Å²) >= 11 is 0. The molecule has 5 nitrogen and oxygen atoms in total. The SMILES string of the molecule is CCO[Si](CCCN)(OCC)OC(C)C(C)(C)O. The fourth-order valence-electron chi connectivity index (χ4n) is 1.48. The van der Waals surface area contributed by atoms with Crippen LogP contribution in [0, 0.1) is 0 Å². The molecule has 0 aliphatic carbocycles. The Kier molecular flexibility index (Phi) is 8.25. The van der Waals surface area contributed by atoms with Gasteiger partial charge < -0.3 is 24.1 Å². The van der Waals surface area contributed by atoms with Crippen molar-refractivity contribution in [1.82, 2.24) is 0 Å². The van der Waals surface area contributed by atoms with Gasteiger partial charge in [0.05, 0.1) is 11.7 Å². The second-order valence-electron chi connectivity index (χ2n) is 4.86. The van der Waals surface area contributed by atoms with E-state index >= 15 is 0 Å². The molecule has 6 heteroatoms. The van der Waals surface area contributed by atoms with Gasteiger partial charge in [-0.1, -0.05) is 0 Å². The maximum atomic E-state index is 9.97. The minimum atomic E-state index is -2.73. The Bertz CT molecular complexity index is 215. The van der Waals surface area contributed by atoms with Crippen LogP contribution in [0.3, 0.4) is 0 Å². The molecule has 1 atom stereocenters. The quantitative estimate of drug-likeness (QED) is 0.593. The Hall–Kier alpha value is 0.0169. The van der Waals surface area contributed by atoms with Gasteiger partial charge in [-0.05, 0) is 47.6 Å². The van der Waals surface area contributed by atoms with Crippen LogP contribution in [-0.4, -0.2) is 45.4 Å².